The van der Waals surface area contributed by atoms with E-state index in [-0.39, 0.29) is 11.8 Å². The molecule has 0 heterocycles. The number of amides is 1. The van der Waals surface area contributed by atoms with Crippen LogP contribution in [0.4, 0.5) is 0 Å². The van der Waals surface area contributed by atoms with Crippen LogP contribution in [-0.2, 0) is 9.59 Å². The summed E-state index contributed by atoms with van der Waals surface area (Å²) in [6.45, 7) is 0. The van der Waals surface area contributed by atoms with E-state index in [0.29, 0.717) is 12.5 Å². The molecule has 1 amide bonds. The molecule has 0 aromatic carbocycles. The van der Waals surface area contributed by atoms with Crippen LogP contribution < -0.4 is 5.32 Å². The van der Waals surface area contributed by atoms with Crippen LogP contribution in [-0.4, -0.2) is 23.0 Å². The summed E-state index contributed by atoms with van der Waals surface area (Å²) in [7, 11) is 0. The van der Waals surface area contributed by atoms with Crippen LogP contribution in [0.5, 0.6) is 0 Å². The minimum absolute atomic E-state index is 0.0336. The van der Waals surface area contributed by atoms with E-state index in [2.05, 4.69) is 5.32 Å². The fourth-order valence-corrected chi connectivity index (χ4v) is 2.90. The first-order valence-electron chi connectivity index (χ1n) is 5.68. The van der Waals surface area contributed by atoms with Gasteiger partial charge in [-0.1, -0.05) is 0 Å². The summed E-state index contributed by atoms with van der Waals surface area (Å²) in [5.74, 6) is 0.174. The summed E-state index contributed by atoms with van der Waals surface area (Å²) in [5.41, 5.74) is 0. The molecule has 15 heavy (non-hydrogen) atoms. The van der Waals surface area contributed by atoms with E-state index in [1.54, 1.807) is 0 Å². The van der Waals surface area contributed by atoms with Crippen LogP contribution in [0.25, 0.3) is 0 Å². The maximum Gasteiger partial charge on any atom is 0.307 e. The highest BCUT2D eigenvalue weighted by molar-refractivity contribution is 5.89. The summed E-state index contributed by atoms with van der Waals surface area (Å²) in [6.07, 6.45) is 4.09. The normalized spacial score (nSPS) is 45.7. The number of carboxylic acid groups (broad SMARTS) is 1. The number of rotatable bonds is 3. The van der Waals surface area contributed by atoms with E-state index >= 15 is 0 Å². The maximum absolute atomic E-state index is 11.6. The van der Waals surface area contributed by atoms with Gasteiger partial charge in [-0.2, -0.15) is 0 Å². The first-order valence-corrected chi connectivity index (χ1v) is 5.68. The Bertz CT molecular complexity index is 318. The van der Waals surface area contributed by atoms with Gasteiger partial charge in [0.2, 0.25) is 5.91 Å². The second-order valence-electron chi connectivity index (χ2n) is 5.22. The molecule has 0 spiro atoms. The van der Waals surface area contributed by atoms with Crippen molar-refractivity contribution in [1.29, 1.82) is 0 Å². The van der Waals surface area contributed by atoms with Gasteiger partial charge in [-0.15, -0.1) is 0 Å². The Labute approximate surface area is 88.0 Å². The van der Waals surface area contributed by atoms with Crippen molar-refractivity contribution in [2.24, 2.45) is 23.7 Å². The summed E-state index contributed by atoms with van der Waals surface area (Å²) >= 11 is 0. The highest BCUT2D eigenvalue weighted by atomic mass is 16.4. The third-order valence-electron chi connectivity index (χ3n) is 4.03. The van der Waals surface area contributed by atoms with E-state index in [0.717, 1.165) is 24.7 Å². The SMILES string of the molecule is O=C(O)C1CC1C(=O)NC1CC2CC2C1. The minimum Gasteiger partial charge on any atom is -0.481 e. The zero-order valence-corrected chi connectivity index (χ0v) is 8.48. The van der Waals surface area contributed by atoms with Gasteiger partial charge in [0.25, 0.3) is 0 Å². The van der Waals surface area contributed by atoms with E-state index < -0.39 is 11.9 Å². The van der Waals surface area contributed by atoms with Crippen molar-refractivity contribution < 1.29 is 14.7 Å². The number of hydrogen-bond donors (Lipinski definition) is 2. The molecule has 3 fully saturated rings. The van der Waals surface area contributed by atoms with Crippen LogP contribution in [0, 0.1) is 23.7 Å². The van der Waals surface area contributed by atoms with Crippen LogP contribution in [0.1, 0.15) is 25.7 Å². The number of hydrogen-bond acceptors (Lipinski definition) is 2. The number of carboxylic acids is 1. The Hall–Kier alpha value is -1.06. The largest absolute Gasteiger partial charge is 0.481 e. The number of carbonyl (C=O) groups is 2. The van der Waals surface area contributed by atoms with Gasteiger partial charge in [-0.25, -0.2) is 0 Å². The fraction of sp³-hybridized carbons (Fsp3) is 0.818. The Balaban J connectivity index is 1.48. The lowest BCUT2D eigenvalue weighted by Crippen LogP contribution is -2.35. The van der Waals surface area contributed by atoms with Crippen LogP contribution in [0.3, 0.4) is 0 Å². The van der Waals surface area contributed by atoms with Crippen molar-refractivity contribution in [2.45, 2.75) is 31.7 Å². The molecule has 3 aliphatic carbocycles. The van der Waals surface area contributed by atoms with Crippen LogP contribution in [0.15, 0.2) is 0 Å². The predicted octanol–water partition coefficient (Wildman–Crippen LogP) is 0.622. The standard InChI is InChI=1S/C11H15NO3/c13-10(8-4-9(8)11(14)15)12-7-2-5-1-6(5)3-7/h5-9H,1-4H2,(H,12,13)(H,14,15). The van der Waals surface area contributed by atoms with Crippen molar-refractivity contribution in [3.8, 4) is 0 Å². The fourth-order valence-electron chi connectivity index (χ4n) is 2.90. The quantitative estimate of drug-likeness (QED) is 0.716. The molecule has 3 saturated carbocycles. The first kappa shape index (κ1) is 9.19. The van der Waals surface area contributed by atoms with Crippen molar-refractivity contribution in [3.05, 3.63) is 0 Å². The Morgan fingerprint density at radius 1 is 1.00 bits per heavy atom. The average Bonchev–Trinajstić information content (AvgIpc) is 3.04. The minimum atomic E-state index is -0.829. The summed E-state index contributed by atoms with van der Waals surface area (Å²) in [5, 5.41) is 11.7. The number of nitrogens with one attached hydrogen (secondary N) is 1. The van der Waals surface area contributed by atoms with Gasteiger partial charge in [-0.05, 0) is 37.5 Å². The molecule has 4 unspecified atom stereocenters. The van der Waals surface area contributed by atoms with Gasteiger partial charge in [0.05, 0.1) is 11.8 Å². The molecular weight excluding hydrogens is 194 g/mol. The zero-order valence-electron chi connectivity index (χ0n) is 8.48. The van der Waals surface area contributed by atoms with Gasteiger partial charge in [-0.3, -0.25) is 9.59 Å². The molecule has 3 aliphatic rings. The van der Waals surface area contributed by atoms with E-state index in [1.165, 1.54) is 6.42 Å². The molecule has 4 atom stereocenters. The van der Waals surface area contributed by atoms with E-state index in [1.807, 2.05) is 0 Å². The Morgan fingerprint density at radius 3 is 2.20 bits per heavy atom. The van der Waals surface area contributed by atoms with Gasteiger partial charge in [0.15, 0.2) is 0 Å². The van der Waals surface area contributed by atoms with Gasteiger partial charge in [0, 0.05) is 6.04 Å². The molecule has 82 valence electrons. The summed E-state index contributed by atoms with van der Waals surface area (Å²) in [6, 6.07) is 0.330. The molecule has 0 radical (unpaired) electrons. The lowest BCUT2D eigenvalue weighted by Gasteiger charge is -2.13. The monoisotopic (exact) mass is 209 g/mol. The highest BCUT2D eigenvalue weighted by Gasteiger charge is 2.51. The lowest BCUT2D eigenvalue weighted by molar-refractivity contribution is -0.140. The molecule has 2 N–H and O–H groups in total. The van der Waals surface area contributed by atoms with Crippen molar-refractivity contribution in [1.82, 2.24) is 5.32 Å². The highest BCUT2D eigenvalue weighted by Crippen LogP contribution is 2.52. The Morgan fingerprint density at radius 2 is 1.67 bits per heavy atom. The number of aliphatic carboxylic acids is 1. The van der Waals surface area contributed by atoms with Gasteiger partial charge < -0.3 is 10.4 Å². The van der Waals surface area contributed by atoms with E-state index in [9.17, 15) is 9.59 Å². The molecule has 3 rings (SSSR count). The summed E-state index contributed by atoms with van der Waals surface area (Å²) < 4.78 is 0. The maximum atomic E-state index is 11.6. The molecule has 0 aromatic heterocycles. The molecule has 4 heteroatoms. The molecule has 4 nitrogen and oxygen atoms in total. The van der Waals surface area contributed by atoms with Crippen LogP contribution >= 0.6 is 0 Å². The molecular formula is C11H15NO3. The third-order valence-corrected chi connectivity index (χ3v) is 4.03. The van der Waals surface area contributed by atoms with E-state index in [4.69, 9.17) is 5.11 Å². The molecule has 0 bridgehead atoms. The topological polar surface area (TPSA) is 66.4 Å². The second-order valence-corrected chi connectivity index (χ2v) is 5.22. The molecule has 0 aromatic rings. The summed E-state index contributed by atoms with van der Waals surface area (Å²) in [4.78, 5) is 22.2. The average molecular weight is 209 g/mol. The van der Waals surface area contributed by atoms with Crippen LogP contribution in [0.2, 0.25) is 0 Å². The predicted molar refractivity (Wildman–Crippen MR) is 52.0 cm³/mol. The van der Waals surface area contributed by atoms with Crippen molar-refractivity contribution in [3.63, 3.8) is 0 Å². The second kappa shape index (κ2) is 2.97. The van der Waals surface area contributed by atoms with Gasteiger partial charge in [0.1, 0.15) is 0 Å². The third kappa shape index (κ3) is 1.62. The molecule has 0 saturated heterocycles. The lowest BCUT2D eigenvalue weighted by atomic mass is 10.1. The smallest absolute Gasteiger partial charge is 0.307 e. The van der Waals surface area contributed by atoms with Crippen molar-refractivity contribution >= 4 is 11.9 Å². The molecule has 0 aliphatic heterocycles. The zero-order chi connectivity index (χ0) is 10.6. The number of fused-ring (bicyclic) bond motifs is 1. The van der Waals surface area contributed by atoms with Crippen molar-refractivity contribution in [2.75, 3.05) is 0 Å². The first-order chi connectivity index (χ1) is 7.15. The number of carbonyl (C=O) groups excluding carboxylic acids is 1. The Kier molecular flexibility index (Phi) is 1.82. The van der Waals surface area contributed by atoms with Gasteiger partial charge >= 0.3 is 5.97 Å².